The van der Waals surface area contributed by atoms with Gasteiger partial charge >= 0.3 is 5.97 Å². The van der Waals surface area contributed by atoms with Crippen LogP contribution in [0.5, 0.6) is 0 Å². The molecule has 1 unspecified atom stereocenters. The van der Waals surface area contributed by atoms with E-state index in [0.29, 0.717) is 5.56 Å². The molecule has 0 spiro atoms. The lowest BCUT2D eigenvalue weighted by Crippen LogP contribution is -2.19. The summed E-state index contributed by atoms with van der Waals surface area (Å²) in [7, 11) is 1.39. The average molecular weight is 396 g/mol. The SMILES string of the molecule is C=CC1=CC1(/C(Cc1ccccc1)=C(\C)c1ccco1)c1ccc(C(=O)OC)cc1. The molecule has 30 heavy (non-hydrogen) atoms. The molecule has 1 aliphatic carbocycles. The zero-order chi connectivity index (χ0) is 21.1. The molecule has 0 N–H and O–H groups in total. The van der Waals surface area contributed by atoms with Crippen molar-refractivity contribution < 1.29 is 13.9 Å². The predicted molar refractivity (Wildman–Crippen MR) is 119 cm³/mol. The molecule has 0 aliphatic heterocycles. The first kappa shape index (κ1) is 19.7. The number of methoxy groups -OCH3 is 1. The van der Waals surface area contributed by atoms with Gasteiger partial charge in [-0.1, -0.05) is 61.2 Å². The molecule has 1 aromatic heterocycles. The quantitative estimate of drug-likeness (QED) is 0.450. The van der Waals surface area contributed by atoms with E-state index in [1.54, 1.807) is 6.26 Å². The molecule has 4 rings (SSSR count). The fraction of sp³-hybridized carbons (Fsp3) is 0.148. The Bertz CT molecular complexity index is 1120. The van der Waals surface area contributed by atoms with Gasteiger partial charge < -0.3 is 9.15 Å². The third-order valence-electron chi connectivity index (χ3n) is 5.77. The molecular weight excluding hydrogens is 372 g/mol. The molecule has 3 heteroatoms. The van der Waals surface area contributed by atoms with Crippen molar-refractivity contribution >= 4 is 11.5 Å². The number of ether oxygens (including phenoxy) is 1. The Morgan fingerprint density at radius 3 is 2.37 bits per heavy atom. The van der Waals surface area contributed by atoms with E-state index in [1.165, 1.54) is 18.2 Å². The summed E-state index contributed by atoms with van der Waals surface area (Å²) in [6, 6.07) is 22.0. The topological polar surface area (TPSA) is 39.4 Å². The molecule has 1 aliphatic rings. The van der Waals surface area contributed by atoms with Gasteiger partial charge in [0.15, 0.2) is 0 Å². The number of benzene rings is 2. The summed E-state index contributed by atoms with van der Waals surface area (Å²) < 4.78 is 10.6. The van der Waals surface area contributed by atoms with Gasteiger partial charge in [-0.3, -0.25) is 0 Å². The van der Waals surface area contributed by atoms with E-state index in [-0.39, 0.29) is 11.4 Å². The van der Waals surface area contributed by atoms with Gasteiger partial charge in [0.25, 0.3) is 0 Å². The van der Waals surface area contributed by atoms with Crippen LogP contribution in [0.4, 0.5) is 0 Å². The highest BCUT2D eigenvalue weighted by Gasteiger charge is 2.48. The molecule has 0 saturated heterocycles. The average Bonchev–Trinajstić information content (AvgIpc) is 3.27. The smallest absolute Gasteiger partial charge is 0.337 e. The fourth-order valence-electron chi connectivity index (χ4n) is 4.10. The van der Waals surface area contributed by atoms with Crippen molar-refractivity contribution in [1.82, 2.24) is 0 Å². The number of carbonyl (C=O) groups excluding carboxylic acids is 1. The van der Waals surface area contributed by atoms with Gasteiger partial charge in [-0.05, 0) is 65.5 Å². The van der Waals surface area contributed by atoms with E-state index >= 15 is 0 Å². The van der Waals surface area contributed by atoms with Crippen molar-refractivity contribution in [2.45, 2.75) is 18.8 Å². The largest absolute Gasteiger partial charge is 0.465 e. The van der Waals surface area contributed by atoms with Gasteiger partial charge in [0.05, 0.1) is 24.4 Å². The summed E-state index contributed by atoms with van der Waals surface area (Å²) in [5, 5.41) is 0. The minimum absolute atomic E-state index is 0.338. The van der Waals surface area contributed by atoms with Gasteiger partial charge in [-0.25, -0.2) is 4.79 Å². The minimum Gasteiger partial charge on any atom is -0.465 e. The fourth-order valence-corrected chi connectivity index (χ4v) is 4.10. The Kier molecular flexibility index (Phi) is 5.28. The molecule has 0 amide bonds. The summed E-state index contributed by atoms with van der Waals surface area (Å²) >= 11 is 0. The molecule has 2 aromatic carbocycles. The first-order valence-corrected chi connectivity index (χ1v) is 9.93. The molecular formula is C27H24O3. The third kappa shape index (κ3) is 3.43. The standard InChI is InChI=1S/C27H24O3/c1-4-22-18-27(22,23-14-12-21(13-15-23)26(28)29-3)24(17-20-9-6-5-7-10-20)19(2)25-11-8-16-30-25/h4-16,18H,1,17H2,2-3H3/b24-19+. The second-order valence-corrected chi connectivity index (χ2v) is 7.42. The zero-order valence-electron chi connectivity index (χ0n) is 17.2. The van der Waals surface area contributed by atoms with Crippen molar-refractivity contribution in [3.05, 3.63) is 125 Å². The van der Waals surface area contributed by atoms with E-state index in [9.17, 15) is 4.79 Å². The van der Waals surface area contributed by atoms with E-state index in [4.69, 9.17) is 9.15 Å². The Morgan fingerprint density at radius 1 is 1.07 bits per heavy atom. The Morgan fingerprint density at radius 2 is 1.80 bits per heavy atom. The van der Waals surface area contributed by atoms with Gasteiger partial charge in [0.2, 0.25) is 0 Å². The summed E-state index contributed by atoms with van der Waals surface area (Å²) in [4.78, 5) is 11.9. The first-order valence-electron chi connectivity index (χ1n) is 9.93. The summed E-state index contributed by atoms with van der Waals surface area (Å²) in [6.07, 6.45) is 6.62. The number of hydrogen-bond acceptors (Lipinski definition) is 3. The Labute approximate surface area is 177 Å². The maximum atomic E-state index is 11.9. The van der Waals surface area contributed by atoms with Crippen LogP contribution in [-0.4, -0.2) is 13.1 Å². The van der Waals surface area contributed by atoms with Crippen molar-refractivity contribution in [2.75, 3.05) is 7.11 Å². The Hall–Kier alpha value is -3.59. The lowest BCUT2D eigenvalue weighted by molar-refractivity contribution is 0.0600. The number of hydrogen-bond donors (Lipinski definition) is 0. The van der Waals surface area contributed by atoms with Crippen LogP contribution >= 0.6 is 0 Å². The summed E-state index contributed by atoms with van der Waals surface area (Å²) in [5.41, 5.74) is 6.01. The minimum atomic E-state index is -0.358. The normalized spacial score (nSPS) is 18.3. The monoisotopic (exact) mass is 396 g/mol. The highest BCUT2D eigenvalue weighted by Crippen LogP contribution is 2.55. The molecule has 0 fully saturated rings. The van der Waals surface area contributed by atoms with Gasteiger partial charge in [0.1, 0.15) is 5.76 Å². The first-order chi connectivity index (χ1) is 14.6. The molecule has 0 bridgehead atoms. The number of allylic oxidation sites excluding steroid dienone is 5. The van der Waals surface area contributed by atoms with E-state index in [2.05, 4.69) is 43.8 Å². The summed E-state index contributed by atoms with van der Waals surface area (Å²) in [6.45, 7) is 6.13. The van der Waals surface area contributed by atoms with Gasteiger partial charge in [-0.15, -0.1) is 0 Å². The molecule has 3 aromatic rings. The van der Waals surface area contributed by atoms with Crippen molar-refractivity contribution in [3.63, 3.8) is 0 Å². The van der Waals surface area contributed by atoms with Crippen LogP contribution in [0, 0.1) is 0 Å². The molecule has 1 heterocycles. The maximum Gasteiger partial charge on any atom is 0.337 e. The number of rotatable bonds is 7. The van der Waals surface area contributed by atoms with E-state index in [1.807, 2.05) is 48.5 Å². The lowest BCUT2D eigenvalue weighted by Gasteiger charge is -2.25. The second-order valence-electron chi connectivity index (χ2n) is 7.42. The second kappa shape index (κ2) is 8.03. The highest BCUT2D eigenvalue weighted by atomic mass is 16.5. The molecule has 150 valence electrons. The van der Waals surface area contributed by atoms with Crippen LogP contribution in [0.2, 0.25) is 0 Å². The van der Waals surface area contributed by atoms with Crippen molar-refractivity contribution in [1.29, 1.82) is 0 Å². The number of furan rings is 1. The van der Waals surface area contributed by atoms with E-state index < -0.39 is 0 Å². The molecule has 1 atom stereocenters. The third-order valence-corrected chi connectivity index (χ3v) is 5.77. The molecule has 3 nitrogen and oxygen atoms in total. The van der Waals surface area contributed by atoms with Crippen LogP contribution in [0.3, 0.4) is 0 Å². The molecule has 0 radical (unpaired) electrons. The van der Waals surface area contributed by atoms with Crippen molar-refractivity contribution in [2.24, 2.45) is 0 Å². The van der Waals surface area contributed by atoms with Crippen LogP contribution in [0.25, 0.3) is 5.57 Å². The zero-order valence-corrected chi connectivity index (χ0v) is 17.2. The molecule has 0 saturated carbocycles. The van der Waals surface area contributed by atoms with Gasteiger partial charge in [0, 0.05) is 0 Å². The summed E-state index contributed by atoms with van der Waals surface area (Å²) in [5.74, 6) is 0.519. The predicted octanol–water partition coefficient (Wildman–Crippen LogP) is 6.15. The van der Waals surface area contributed by atoms with E-state index in [0.717, 1.165) is 28.9 Å². The lowest BCUT2D eigenvalue weighted by atomic mass is 9.77. The van der Waals surface area contributed by atoms with Crippen LogP contribution in [0.1, 0.15) is 34.2 Å². The number of esters is 1. The Balaban J connectivity index is 1.83. The van der Waals surface area contributed by atoms with Gasteiger partial charge in [-0.2, -0.15) is 0 Å². The number of carbonyl (C=O) groups is 1. The van der Waals surface area contributed by atoms with Crippen LogP contribution in [-0.2, 0) is 16.6 Å². The van der Waals surface area contributed by atoms with Crippen molar-refractivity contribution in [3.8, 4) is 0 Å². The van der Waals surface area contributed by atoms with Crippen LogP contribution in [0.15, 0.2) is 107 Å². The maximum absolute atomic E-state index is 11.9. The van der Waals surface area contributed by atoms with Crippen LogP contribution < -0.4 is 0 Å². The highest BCUT2D eigenvalue weighted by molar-refractivity contribution is 5.89.